The van der Waals surface area contributed by atoms with E-state index in [1.807, 2.05) is 26.0 Å². The van der Waals surface area contributed by atoms with Gasteiger partial charge in [-0.15, -0.1) is 0 Å². The van der Waals surface area contributed by atoms with Crippen LogP contribution in [-0.2, 0) is 4.74 Å². The molecule has 0 aliphatic heterocycles. The third-order valence-electron chi connectivity index (χ3n) is 5.10. The van der Waals surface area contributed by atoms with Crippen LogP contribution in [0, 0.1) is 19.8 Å². The summed E-state index contributed by atoms with van der Waals surface area (Å²) in [5, 5.41) is 11.0. The van der Waals surface area contributed by atoms with Gasteiger partial charge in [-0.05, 0) is 74.3 Å². The average Bonchev–Trinajstić information content (AvgIpc) is 2.49. The molecule has 21 heavy (non-hydrogen) atoms. The van der Waals surface area contributed by atoms with E-state index < -0.39 is 11.7 Å². The van der Waals surface area contributed by atoms with Crippen molar-refractivity contribution in [2.75, 3.05) is 14.2 Å². The van der Waals surface area contributed by atoms with Crippen LogP contribution in [0.1, 0.15) is 55.4 Å². The van der Waals surface area contributed by atoms with Gasteiger partial charge < -0.3 is 14.6 Å². The zero-order chi connectivity index (χ0) is 15.6. The summed E-state index contributed by atoms with van der Waals surface area (Å²) in [6.07, 6.45) is 3.46. The van der Waals surface area contributed by atoms with E-state index >= 15 is 0 Å². The smallest absolute Gasteiger partial charge is 0.122 e. The second-order valence-electron chi connectivity index (χ2n) is 6.53. The summed E-state index contributed by atoms with van der Waals surface area (Å²) < 4.78 is 11.2. The molecule has 118 valence electrons. The number of aryl methyl sites for hydroxylation is 2. The van der Waals surface area contributed by atoms with Crippen molar-refractivity contribution in [3.63, 3.8) is 0 Å². The Morgan fingerprint density at radius 1 is 1.14 bits per heavy atom. The van der Waals surface area contributed by atoms with Crippen molar-refractivity contribution < 1.29 is 14.6 Å². The maximum atomic E-state index is 11.0. The first-order valence-electron chi connectivity index (χ1n) is 7.82. The predicted molar refractivity (Wildman–Crippen MR) is 84.8 cm³/mol. The highest BCUT2D eigenvalue weighted by Gasteiger charge is 2.42. The molecule has 2 rings (SSSR count). The van der Waals surface area contributed by atoms with Crippen LogP contribution in [0.25, 0.3) is 0 Å². The Morgan fingerprint density at radius 3 is 2.29 bits per heavy atom. The minimum atomic E-state index is -0.584. The average molecular weight is 292 g/mol. The first-order chi connectivity index (χ1) is 9.93. The van der Waals surface area contributed by atoms with Crippen LogP contribution < -0.4 is 4.74 Å². The highest BCUT2D eigenvalue weighted by molar-refractivity contribution is 5.43. The summed E-state index contributed by atoms with van der Waals surface area (Å²) in [5.41, 5.74) is 2.62. The molecule has 0 saturated heterocycles. The number of benzene rings is 1. The number of aliphatic hydroxyl groups excluding tert-OH is 1. The molecule has 1 fully saturated rings. The van der Waals surface area contributed by atoms with Gasteiger partial charge in [0.05, 0.1) is 12.7 Å². The fraction of sp³-hybridized carbons (Fsp3) is 0.667. The lowest BCUT2D eigenvalue weighted by Crippen LogP contribution is -2.42. The normalized spacial score (nSPS) is 27.4. The molecule has 0 bridgehead atoms. The van der Waals surface area contributed by atoms with Gasteiger partial charge in [0, 0.05) is 7.11 Å². The van der Waals surface area contributed by atoms with Crippen molar-refractivity contribution in [1.29, 1.82) is 0 Å². The van der Waals surface area contributed by atoms with Crippen LogP contribution >= 0.6 is 0 Å². The molecule has 1 aliphatic rings. The van der Waals surface area contributed by atoms with Crippen LogP contribution in [0.4, 0.5) is 0 Å². The first kappa shape index (κ1) is 16.3. The van der Waals surface area contributed by atoms with Gasteiger partial charge in [0.1, 0.15) is 11.9 Å². The third kappa shape index (κ3) is 3.09. The molecule has 0 spiro atoms. The molecular weight excluding hydrogens is 264 g/mol. The van der Waals surface area contributed by atoms with E-state index in [1.165, 1.54) is 0 Å². The number of aliphatic hydroxyl groups is 1. The lowest BCUT2D eigenvalue weighted by molar-refractivity contribution is -0.130. The van der Waals surface area contributed by atoms with Crippen molar-refractivity contribution in [3.05, 3.63) is 28.8 Å². The maximum Gasteiger partial charge on any atom is 0.122 e. The fourth-order valence-electron chi connectivity index (χ4n) is 3.45. The Balaban J connectivity index is 2.34. The Hall–Kier alpha value is -1.06. The summed E-state index contributed by atoms with van der Waals surface area (Å²) in [6.45, 7) is 6.31. The molecule has 3 nitrogen and oxygen atoms in total. The molecule has 1 unspecified atom stereocenters. The number of methoxy groups -OCH3 is 2. The van der Waals surface area contributed by atoms with Gasteiger partial charge in [-0.2, -0.15) is 0 Å². The Kier molecular flexibility index (Phi) is 4.95. The number of ether oxygens (including phenoxy) is 2. The zero-order valence-electron chi connectivity index (χ0n) is 13.9. The van der Waals surface area contributed by atoms with E-state index in [9.17, 15) is 5.11 Å². The van der Waals surface area contributed by atoms with Gasteiger partial charge >= 0.3 is 0 Å². The summed E-state index contributed by atoms with van der Waals surface area (Å²) in [5.74, 6) is 1.59. The van der Waals surface area contributed by atoms with Crippen LogP contribution in [-0.4, -0.2) is 24.9 Å². The van der Waals surface area contributed by atoms with E-state index in [-0.39, 0.29) is 0 Å². The monoisotopic (exact) mass is 292 g/mol. The summed E-state index contributed by atoms with van der Waals surface area (Å²) in [7, 11) is 3.40. The Morgan fingerprint density at radius 2 is 1.76 bits per heavy atom. The second kappa shape index (κ2) is 6.37. The van der Waals surface area contributed by atoms with E-state index in [4.69, 9.17) is 9.47 Å². The molecule has 1 saturated carbocycles. The summed E-state index contributed by atoms with van der Waals surface area (Å²) in [4.78, 5) is 0. The first-order valence-corrected chi connectivity index (χ1v) is 7.82. The van der Waals surface area contributed by atoms with E-state index in [0.717, 1.165) is 54.0 Å². The molecule has 1 N–H and O–H groups in total. The van der Waals surface area contributed by atoms with E-state index in [1.54, 1.807) is 14.2 Å². The van der Waals surface area contributed by atoms with Gasteiger partial charge in [0.25, 0.3) is 0 Å². The van der Waals surface area contributed by atoms with Crippen molar-refractivity contribution in [3.8, 4) is 5.75 Å². The van der Waals surface area contributed by atoms with Gasteiger partial charge in [0.2, 0.25) is 0 Å². The summed E-state index contributed by atoms with van der Waals surface area (Å²) in [6, 6.07) is 4.04. The molecule has 1 atom stereocenters. The molecule has 1 aromatic carbocycles. The van der Waals surface area contributed by atoms with Gasteiger partial charge in [-0.25, -0.2) is 0 Å². The number of hydrogen-bond acceptors (Lipinski definition) is 3. The molecular formula is C18H28O3. The number of rotatable bonds is 4. The van der Waals surface area contributed by atoms with Gasteiger partial charge in [-0.3, -0.25) is 0 Å². The Bertz CT molecular complexity index is 487. The van der Waals surface area contributed by atoms with Gasteiger partial charge in [0.15, 0.2) is 0 Å². The SMILES string of the molecule is COc1cc(C)c(C(O)C2(OC)CCC(C)CC2)cc1C. The minimum absolute atomic E-state index is 0.446. The summed E-state index contributed by atoms with van der Waals surface area (Å²) >= 11 is 0. The topological polar surface area (TPSA) is 38.7 Å². The minimum Gasteiger partial charge on any atom is -0.496 e. The van der Waals surface area contributed by atoms with Crippen molar-refractivity contribution in [2.45, 2.75) is 58.2 Å². The second-order valence-corrected chi connectivity index (χ2v) is 6.53. The zero-order valence-corrected chi connectivity index (χ0v) is 13.9. The fourth-order valence-corrected chi connectivity index (χ4v) is 3.45. The Labute approximate surface area is 128 Å². The molecule has 0 amide bonds. The molecule has 0 aromatic heterocycles. The molecule has 1 aromatic rings. The van der Waals surface area contributed by atoms with Crippen molar-refractivity contribution in [1.82, 2.24) is 0 Å². The van der Waals surface area contributed by atoms with E-state index in [2.05, 4.69) is 6.92 Å². The van der Waals surface area contributed by atoms with Crippen molar-refractivity contribution in [2.24, 2.45) is 5.92 Å². The third-order valence-corrected chi connectivity index (χ3v) is 5.10. The van der Waals surface area contributed by atoms with E-state index in [0.29, 0.717) is 0 Å². The van der Waals surface area contributed by atoms with Crippen molar-refractivity contribution >= 4 is 0 Å². The number of hydrogen-bond donors (Lipinski definition) is 1. The molecule has 0 heterocycles. The predicted octanol–water partition coefficient (Wildman–Crippen LogP) is 3.94. The highest BCUT2D eigenvalue weighted by atomic mass is 16.5. The molecule has 3 heteroatoms. The maximum absolute atomic E-state index is 11.0. The van der Waals surface area contributed by atoms with Gasteiger partial charge in [-0.1, -0.05) is 6.92 Å². The molecule has 0 radical (unpaired) electrons. The van der Waals surface area contributed by atoms with Crippen LogP contribution in [0.2, 0.25) is 0 Å². The highest BCUT2D eigenvalue weighted by Crippen LogP contribution is 2.44. The van der Waals surface area contributed by atoms with Crippen LogP contribution in [0.5, 0.6) is 5.75 Å². The largest absolute Gasteiger partial charge is 0.496 e. The quantitative estimate of drug-likeness (QED) is 0.913. The standard InChI is InChI=1S/C18H28O3/c1-12-6-8-18(21-5,9-7-12)17(19)15-10-14(3)16(20-4)11-13(15)2/h10-12,17,19H,6-9H2,1-5H3. The van der Waals surface area contributed by atoms with Crippen LogP contribution in [0.15, 0.2) is 12.1 Å². The lowest BCUT2D eigenvalue weighted by Gasteiger charge is -2.42. The molecule has 1 aliphatic carbocycles. The lowest BCUT2D eigenvalue weighted by atomic mass is 9.74. The van der Waals surface area contributed by atoms with Crippen LogP contribution in [0.3, 0.4) is 0 Å².